The smallest absolute Gasteiger partial charge is 0.191 e. The Morgan fingerprint density at radius 1 is 1.48 bits per heavy atom. The van der Waals surface area contributed by atoms with Crippen molar-refractivity contribution in [3.8, 4) is 0 Å². The summed E-state index contributed by atoms with van der Waals surface area (Å²) >= 11 is 0. The van der Waals surface area contributed by atoms with E-state index < -0.39 is 0 Å². The molecule has 0 spiro atoms. The molecule has 5 nitrogen and oxygen atoms in total. The quantitative estimate of drug-likeness (QED) is 0.599. The highest BCUT2D eigenvalue weighted by Gasteiger charge is 2.36. The molecule has 0 saturated heterocycles. The second-order valence-corrected chi connectivity index (χ2v) is 6.10. The van der Waals surface area contributed by atoms with Gasteiger partial charge in [-0.15, -0.1) is 0 Å². The Morgan fingerprint density at radius 3 is 2.90 bits per heavy atom. The zero-order valence-electron chi connectivity index (χ0n) is 13.6. The van der Waals surface area contributed by atoms with Crippen molar-refractivity contribution in [3.05, 3.63) is 17.5 Å². The van der Waals surface area contributed by atoms with E-state index in [4.69, 9.17) is 4.52 Å². The Hall–Kier alpha value is -1.52. The van der Waals surface area contributed by atoms with Gasteiger partial charge in [0.05, 0.1) is 5.69 Å². The van der Waals surface area contributed by atoms with E-state index in [1.165, 1.54) is 19.3 Å². The second kappa shape index (κ2) is 7.48. The van der Waals surface area contributed by atoms with Crippen molar-refractivity contribution >= 4 is 5.96 Å². The Bertz CT molecular complexity index is 467. The van der Waals surface area contributed by atoms with Crippen molar-refractivity contribution < 1.29 is 4.52 Å². The molecular weight excluding hydrogens is 264 g/mol. The van der Waals surface area contributed by atoms with E-state index in [2.05, 4.69) is 48.5 Å². The molecular formula is C16H28N4O. The third-order valence-corrected chi connectivity index (χ3v) is 3.81. The number of guanidine groups is 1. The predicted molar refractivity (Wildman–Crippen MR) is 85.3 cm³/mol. The maximum absolute atomic E-state index is 5.32. The summed E-state index contributed by atoms with van der Waals surface area (Å²) in [5.74, 6) is 2.90. The van der Waals surface area contributed by atoms with Gasteiger partial charge in [-0.25, -0.2) is 4.99 Å². The van der Waals surface area contributed by atoms with E-state index in [1.54, 1.807) is 0 Å². The lowest BCUT2D eigenvalue weighted by Gasteiger charge is -2.10. The van der Waals surface area contributed by atoms with Gasteiger partial charge in [-0.1, -0.05) is 32.3 Å². The van der Waals surface area contributed by atoms with Crippen molar-refractivity contribution in [2.45, 2.75) is 65.5 Å². The number of aromatic nitrogens is 1. The van der Waals surface area contributed by atoms with E-state index in [0.717, 1.165) is 29.9 Å². The summed E-state index contributed by atoms with van der Waals surface area (Å²) in [5.41, 5.74) is 0.989. The van der Waals surface area contributed by atoms with Crippen LogP contribution in [0.4, 0.5) is 0 Å². The van der Waals surface area contributed by atoms with Crippen molar-refractivity contribution in [1.82, 2.24) is 15.8 Å². The highest BCUT2D eigenvalue weighted by molar-refractivity contribution is 5.80. The van der Waals surface area contributed by atoms with Crippen LogP contribution in [0, 0.1) is 5.92 Å². The first-order valence-electron chi connectivity index (χ1n) is 8.14. The first-order valence-corrected chi connectivity index (χ1v) is 8.14. The van der Waals surface area contributed by atoms with Crippen LogP contribution in [-0.2, 0) is 6.54 Å². The Labute approximate surface area is 127 Å². The van der Waals surface area contributed by atoms with Crippen LogP contribution in [0.2, 0.25) is 0 Å². The van der Waals surface area contributed by atoms with Crippen LogP contribution in [0.1, 0.15) is 64.3 Å². The topological polar surface area (TPSA) is 62.5 Å². The lowest BCUT2D eigenvalue weighted by molar-refractivity contribution is 0.376. The fraction of sp³-hybridized carbons (Fsp3) is 0.750. The maximum atomic E-state index is 5.32. The molecule has 0 aromatic carbocycles. The molecule has 21 heavy (non-hydrogen) atoms. The molecule has 1 saturated carbocycles. The van der Waals surface area contributed by atoms with Crippen molar-refractivity contribution in [1.29, 1.82) is 0 Å². The van der Waals surface area contributed by atoms with Crippen LogP contribution in [0.3, 0.4) is 0 Å². The van der Waals surface area contributed by atoms with Gasteiger partial charge in [0, 0.05) is 18.7 Å². The Kier molecular flexibility index (Phi) is 5.65. The number of rotatable bonds is 7. The molecule has 1 fully saturated rings. The minimum absolute atomic E-state index is 0.388. The molecule has 1 aliphatic carbocycles. The molecule has 1 heterocycles. The molecule has 118 valence electrons. The predicted octanol–water partition coefficient (Wildman–Crippen LogP) is 3.04. The molecule has 5 heteroatoms. The Morgan fingerprint density at radius 2 is 2.29 bits per heavy atom. The zero-order chi connectivity index (χ0) is 15.2. The third-order valence-electron chi connectivity index (χ3n) is 3.81. The summed E-state index contributed by atoms with van der Waals surface area (Å²) in [4.78, 5) is 4.59. The van der Waals surface area contributed by atoms with E-state index in [9.17, 15) is 0 Å². The number of hydrogen-bond donors (Lipinski definition) is 2. The van der Waals surface area contributed by atoms with Crippen molar-refractivity contribution in [2.75, 3.05) is 6.54 Å². The largest absolute Gasteiger partial charge is 0.359 e. The van der Waals surface area contributed by atoms with Gasteiger partial charge < -0.3 is 15.2 Å². The molecule has 1 aromatic rings. The van der Waals surface area contributed by atoms with Gasteiger partial charge in [-0.05, 0) is 31.6 Å². The second-order valence-electron chi connectivity index (χ2n) is 6.10. The molecule has 2 unspecified atom stereocenters. The average Bonchev–Trinajstić information content (AvgIpc) is 3.00. The third kappa shape index (κ3) is 4.76. The molecule has 0 bridgehead atoms. The van der Waals surface area contributed by atoms with Crippen LogP contribution in [0.15, 0.2) is 15.6 Å². The van der Waals surface area contributed by atoms with E-state index in [-0.39, 0.29) is 0 Å². The summed E-state index contributed by atoms with van der Waals surface area (Å²) < 4.78 is 5.32. The fourth-order valence-corrected chi connectivity index (χ4v) is 2.44. The van der Waals surface area contributed by atoms with Crippen LogP contribution in [0.25, 0.3) is 0 Å². The monoisotopic (exact) mass is 292 g/mol. The summed E-state index contributed by atoms with van der Waals surface area (Å²) in [7, 11) is 0. The van der Waals surface area contributed by atoms with Gasteiger partial charge in [-0.3, -0.25) is 0 Å². The summed E-state index contributed by atoms with van der Waals surface area (Å²) in [6.45, 7) is 9.93. The molecule has 0 amide bonds. The number of aliphatic imine (C=N–C) groups is 1. The number of nitrogens with zero attached hydrogens (tertiary/aromatic N) is 2. The first kappa shape index (κ1) is 15.9. The average molecular weight is 292 g/mol. The highest BCUT2D eigenvalue weighted by atomic mass is 16.5. The lowest BCUT2D eigenvalue weighted by atomic mass is 10.1. The van der Waals surface area contributed by atoms with Crippen molar-refractivity contribution in [2.24, 2.45) is 10.9 Å². The van der Waals surface area contributed by atoms with Crippen LogP contribution in [-0.4, -0.2) is 23.7 Å². The molecule has 1 aliphatic rings. The van der Waals surface area contributed by atoms with Gasteiger partial charge in [0.1, 0.15) is 6.54 Å². The lowest BCUT2D eigenvalue weighted by Crippen LogP contribution is -2.39. The highest BCUT2D eigenvalue weighted by Crippen LogP contribution is 2.34. The minimum atomic E-state index is 0.388. The maximum Gasteiger partial charge on any atom is 0.191 e. The molecule has 0 aliphatic heterocycles. The summed E-state index contributed by atoms with van der Waals surface area (Å²) in [6, 6.07) is 2.58. The summed E-state index contributed by atoms with van der Waals surface area (Å²) in [5, 5.41) is 10.9. The zero-order valence-corrected chi connectivity index (χ0v) is 13.6. The SMILES string of the molecule is CCCC1CC1NC(=NCc1cc(C(C)C)no1)NCC. The van der Waals surface area contributed by atoms with E-state index in [1.807, 2.05) is 6.07 Å². The molecule has 0 radical (unpaired) electrons. The van der Waals surface area contributed by atoms with Gasteiger partial charge in [0.15, 0.2) is 11.7 Å². The first-order chi connectivity index (χ1) is 10.1. The van der Waals surface area contributed by atoms with Gasteiger partial charge in [-0.2, -0.15) is 0 Å². The van der Waals surface area contributed by atoms with Crippen LogP contribution >= 0.6 is 0 Å². The molecule has 2 atom stereocenters. The van der Waals surface area contributed by atoms with Gasteiger partial charge >= 0.3 is 0 Å². The van der Waals surface area contributed by atoms with E-state index >= 15 is 0 Å². The van der Waals surface area contributed by atoms with Crippen LogP contribution < -0.4 is 10.6 Å². The van der Waals surface area contributed by atoms with Crippen LogP contribution in [0.5, 0.6) is 0 Å². The van der Waals surface area contributed by atoms with Gasteiger partial charge in [0.2, 0.25) is 0 Å². The molecule has 1 aromatic heterocycles. The standard InChI is InChI=1S/C16H28N4O/c1-5-7-12-8-15(12)19-16(17-6-2)18-10-13-9-14(11(3)4)20-21-13/h9,11-12,15H,5-8,10H2,1-4H3,(H2,17,18,19). The minimum Gasteiger partial charge on any atom is -0.359 e. The number of hydrogen-bond acceptors (Lipinski definition) is 3. The normalized spacial score (nSPS) is 21.7. The summed E-state index contributed by atoms with van der Waals surface area (Å²) in [6.07, 6.45) is 3.82. The van der Waals surface area contributed by atoms with E-state index in [0.29, 0.717) is 18.5 Å². The number of nitrogens with one attached hydrogen (secondary N) is 2. The van der Waals surface area contributed by atoms with Crippen molar-refractivity contribution in [3.63, 3.8) is 0 Å². The molecule has 2 N–H and O–H groups in total. The van der Waals surface area contributed by atoms with Gasteiger partial charge in [0.25, 0.3) is 0 Å². The Balaban J connectivity index is 1.88. The fourth-order valence-electron chi connectivity index (χ4n) is 2.44. The molecule has 2 rings (SSSR count).